The van der Waals surface area contributed by atoms with Crippen LogP contribution in [0.25, 0.3) is 0 Å². The average molecular weight is 289 g/mol. The Hall–Kier alpha value is -0.280. The standard InChI is InChI=1S/C14H20N2.2ClH/c1-16-7-6-14(8-13(14)10-16)12-4-2-11(9-15)3-5-12;;/h2-5,13H,6-10,15H2,1H3;2*1H. The summed E-state index contributed by atoms with van der Waals surface area (Å²) >= 11 is 0. The zero-order chi connectivity index (χ0) is 11.2. The van der Waals surface area contributed by atoms with E-state index >= 15 is 0 Å². The molecule has 1 aromatic carbocycles. The third-order valence-corrected chi connectivity index (χ3v) is 4.47. The van der Waals surface area contributed by atoms with Gasteiger partial charge in [-0.1, -0.05) is 24.3 Å². The van der Waals surface area contributed by atoms with Crippen LogP contribution in [0, 0.1) is 5.92 Å². The molecule has 2 nitrogen and oxygen atoms in total. The molecular weight excluding hydrogens is 267 g/mol. The van der Waals surface area contributed by atoms with E-state index in [1.54, 1.807) is 5.56 Å². The summed E-state index contributed by atoms with van der Waals surface area (Å²) in [5.74, 6) is 0.898. The van der Waals surface area contributed by atoms with E-state index < -0.39 is 0 Å². The number of hydrogen-bond acceptors (Lipinski definition) is 2. The minimum atomic E-state index is 0. The summed E-state index contributed by atoms with van der Waals surface area (Å²) in [4.78, 5) is 2.46. The molecule has 1 saturated carbocycles. The molecule has 18 heavy (non-hydrogen) atoms. The number of rotatable bonds is 2. The van der Waals surface area contributed by atoms with E-state index in [-0.39, 0.29) is 24.8 Å². The molecule has 0 spiro atoms. The minimum Gasteiger partial charge on any atom is -0.326 e. The summed E-state index contributed by atoms with van der Waals surface area (Å²) < 4.78 is 0. The average Bonchev–Trinajstić information content (AvgIpc) is 3.04. The van der Waals surface area contributed by atoms with Gasteiger partial charge in [0.25, 0.3) is 0 Å². The fraction of sp³-hybridized carbons (Fsp3) is 0.571. The molecule has 0 bridgehead atoms. The molecule has 2 unspecified atom stereocenters. The number of hydrogen-bond donors (Lipinski definition) is 1. The quantitative estimate of drug-likeness (QED) is 0.906. The molecule has 1 heterocycles. The minimum absolute atomic E-state index is 0. The first-order chi connectivity index (χ1) is 7.74. The van der Waals surface area contributed by atoms with Gasteiger partial charge in [-0.05, 0) is 43.5 Å². The summed E-state index contributed by atoms with van der Waals surface area (Å²) in [5.41, 5.74) is 8.95. The van der Waals surface area contributed by atoms with Gasteiger partial charge in [-0.15, -0.1) is 24.8 Å². The summed E-state index contributed by atoms with van der Waals surface area (Å²) in [6.07, 6.45) is 2.72. The van der Waals surface area contributed by atoms with Gasteiger partial charge in [-0.25, -0.2) is 0 Å². The molecule has 0 radical (unpaired) electrons. The van der Waals surface area contributed by atoms with Gasteiger partial charge in [0.05, 0.1) is 0 Å². The Morgan fingerprint density at radius 3 is 2.50 bits per heavy atom. The number of halogens is 2. The van der Waals surface area contributed by atoms with Crippen molar-refractivity contribution in [2.24, 2.45) is 11.7 Å². The number of fused-ring (bicyclic) bond motifs is 1. The largest absolute Gasteiger partial charge is 0.326 e. The highest BCUT2D eigenvalue weighted by molar-refractivity contribution is 5.85. The number of benzene rings is 1. The predicted molar refractivity (Wildman–Crippen MR) is 80.7 cm³/mol. The second-order valence-electron chi connectivity index (χ2n) is 5.47. The van der Waals surface area contributed by atoms with Crippen molar-refractivity contribution in [2.45, 2.75) is 24.8 Å². The van der Waals surface area contributed by atoms with Crippen molar-refractivity contribution >= 4 is 24.8 Å². The molecule has 1 aromatic rings. The lowest BCUT2D eigenvalue weighted by atomic mass is 9.87. The van der Waals surface area contributed by atoms with Crippen LogP contribution in [0.15, 0.2) is 24.3 Å². The Morgan fingerprint density at radius 2 is 1.94 bits per heavy atom. The molecule has 1 aliphatic carbocycles. The molecule has 3 rings (SSSR count). The molecule has 2 fully saturated rings. The smallest absolute Gasteiger partial charge is 0.0178 e. The van der Waals surface area contributed by atoms with Crippen LogP contribution < -0.4 is 5.73 Å². The van der Waals surface area contributed by atoms with E-state index in [0.29, 0.717) is 12.0 Å². The van der Waals surface area contributed by atoms with Crippen LogP contribution in [-0.2, 0) is 12.0 Å². The molecule has 0 amide bonds. The second kappa shape index (κ2) is 5.79. The summed E-state index contributed by atoms with van der Waals surface area (Å²) in [6, 6.07) is 8.98. The second-order valence-corrected chi connectivity index (χ2v) is 5.47. The van der Waals surface area contributed by atoms with Gasteiger partial charge < -0.3 is 10.6 Å². The van der Waals surface area contributed by atoms with Crippen LogP contribution in [0.4, 0.5) is 0 Å². The van der Waals surface area contributed by atoms with Gasteiger partial charge in [-0.2, -0.15) is 0 Å². The molecule has 2 atom stereocenters. The molecular formula is C14H22Cl2N2. The Balaban J connectivity index is 0.000000810. The lowest BCUT2D eigenvalue weighted by molar-refractivity contribution is 0.248. The van der Waals surface area contributed by atoms with Crippen LogP contribution in [0.1, 0.15) is 24.0 Å². The first kappa shape index (κ1) is 15.8. The number of nitrogens with two attached hydrogens (primary N) is 1. The summed E-state index contributed by atoms with van der Waals surface area (Å²) in [5, 5.41) is 0. The third kappa shape index (κ3) is 2.53. The molecule has 2 N–H and O–H groups in total. The molecule has 102 valence electrons. The van der Waals surface area contributed by atoms with Gasteiger partial charge in [-0.3, -0.25) is 0 Å². The highest BCUT2D eigenvalue weighted by Gasteiger charge is 2.56. The number of likely N-dealkylation sites (tertiary alicyclic amines) is 1. The Kier molecular flexibility index (Phi) is 5.07. The maximum atomic E-state index is 5.63. The molecule has 4 heteroatoms. The van der Waals surface area contributed by atoms with Crippen molar-refractivity contribution in [2.75, 3.05) is 20.1 Å². The van der Waals surface area contributed by atoms with Gasteiger partial charge in [0, 0.05) is 18.5 Å². The van der Waals surface area contributed by atoms with Crippen molar-refractivity contribution in [3.05, 3.63) is 35.4 Å². The van der Waals surface area contributed by atoms with E-state index in [0.717, 1.165) is 5.92 Å². The summed E-state index contributed by atoms with van der Waals surface area (Å²) in [6.45, 7) is 3.17. The van der Waals surface area contributed by atoms with Crippen molar-refractivity contribution in [3.8, 4) is 0 Å². The van der Waals surface area contributed by atoms with Crippen LogP contribution >= 0.6 is 24.8 Å². The zero-order valence-electron chi connectivity index (χ0n) is 10.8. The third-order valence-electron chi connectivity index (χ3n) is 4.47. The van der Waals surface area contributed by atoms with Gasteiger partial charge in [0.15, 0.2) is 0 Å². The SMILES string of the molecule is CN1CCC2(c3ccc(CN)cc3)CC2C1.Cl.Cl. The lowest BCUT2D eigenvalue weighted by Gasteiger charge is -2.29. The highest BCUT2D eigenvalue weighted by atomic mass is 35.5. The Labute approximate surface area is 122 Å². The lowest BCUT2D eigenvalue weighted by Crippen LogP contribution is -2.33. The fourth-order valence-electron chi connectivity index (χ4n) is 3.25. The van der Waals surface area contributed by atoms with Gasteiger partial charge >= 0.3 is 0 Å². The van der Waals surface area contributed by atoms with Crippen molar-refractivity contribution < 1.29 is 0 Å². The zero-order valence-corrected chi connectivity index (χ0v) is 12.4. The van der Waals surface area contributed by atoms with E-state index in [9.17, 15) is 0 Å². The summed E-state index contributed by atoms with van der Waals surface area (Å²) in [7, 11) is 2.24. The van der Waals surface area contributed by atoms with Gasteiger partial charge in [0.1, 0.15) is 0 Å². The Morgan fingerprint density at radius 1 is 1.28 bits per heavy atom. The van der Waals surface area contributed by atoms with Crippen LogP contribution in [0.5, 0.6) is 0 Å². The number of piperidine rings is 1. The fourth-order valence-corrected chi connectivity index (χ4v) is 3.25. The van der Waals surface area contributed by atoms with E-state index in [2.05, 4.69) is 36.2 Å². The van der Waals surface area contributed by atoms with Crippen molar-refractivity contribution in [1.82, 2.24) is 4.90 Å². The monoisotopic (exact) mass is 288 g/mol. The van der Waals surface area contributed by atoms with Crippen molar-refractivity contribution in [1.29, 1.82) is 0 Å². The maximum Gasteiger partial charge on any atom is 0.0178 e. The number of nitrogens with zero attached hydrogens (tertiary/aromatic N) is 1. The first-order valence-corrected chi connectivity index (χ1v) is 6.23. The topological polar surface area (TPSA) is 29.3 Å². The van der Waals surface area contributed by atoms with E-state index in [1.807, 2.05) is 0 Å². The van der Waals surface area contributed by atoms with Crippen LogP contribution in [-0.4, -0.2) is 25.0 Å². The predicted octanol–water partition coefficient (Wildman–Crippen LogP) is 2.58. The van der Waals surface area contributed by atoms with Gasteiger partial charge in [0.2, 0.25) is 0 Å². The molecule has 0 aromatic heterocycles. The highest BCUT2D eigenvalue weighted by Crippen LogP contribution is 2.58. The maximum absolute atomic E-state index is 5.63. The van der Waals surface area contributed by atoms with Crippen LogP contribution in [0.2, 0.25) is 0 Å². The van der Waals surface area contributed by atoms with Crippen LogP contribution in [0.3, 0.4) is 0 Å². The van der Waals surface area contributed by atoms with E-state index in [4.69, 9.17) is 5.73 Å². The van der Waals surface area contributed by atoms with E-state index in [1.165, 1.54) is 31.5 Å². The normalized spacial score (nSPS) is 29.8. The molecule has 1 saturated heterocycles. The Bertz CT molecular complexity index is 393. The molecule has 1 aliphatic heterocycles. The molecule has 2 aliphatic rings. The van der Waals surface area contributed by atoms with Crippen molar-refractivity contribution in [3.63, 3.8) is 0 Å². The first-order valence-electron chi connectivity index (χ1n) is 6.23.